The highest BCUT2D eigenvalue weighted by Gasteiger charge is 2.47. The fourth-order valence-corrected chi connectivity index (χ4v) is 5.52. The molecule has 1 saturated heterocycles. The molecule has 3 heterocycles. The molecule has 0 spiro atoms. The topological polar surface area (TPSA) is 59.6 Å². The van der Waals surface area contributed by atoms with Gasteiger partial charge in [-0.05, 0) is 43.2 Å². The van der Waals surface area contributed by atoms with Crippen molar-refractivity contribution in [2.75, 3.05) is 32.7 Å². The molecule has 172 valence electrons. The van der Waals surface area contributed by atoms with Crippen LogP contribution in [0.3, 0.4) is 0 Å². The van der Waals surface area contributed by atoms with Crippen molar-refractivity contribution in [2.24, 2.45) is 0 Å². The van der Waals surface area contributed by atoms with Crippen LogP contribution in [-0.2, 0) is 16.0 Å². The van der Waals surface area contributed by atoms with Gasteiger partial charge in [-0.25, -0.2) is 0 Å². The van der Waals surface area contributed by atoms with Crippen LogP contribution < -0.4 is 0 Å². The Bertz CT molecular complexity index is 1150. The Morgan fingerprint density at radius 1 is 1.00 bits per heavy atom. The van der Waals surface area contributed by atoms with Gasteiger partial charge in [0.1, 0.15) is 6.04 Å². The van der Waals surface area contributed by atoms with Crippen LogP contribution in [0.1, 0.15) is 43.1 Å². The molecule has 1 aromatic heterocycles. The molecule has 0 radical (unpaired) electrons. The molecule has 6 nitrogen and oxygen atoms in total. The minimum Gasteiger partial charge on any atom is -0.356 e. The Balaban J connectivity index is 1.50. The number of para-hydroxylation sites is 1. The van der Waals surface area contributed by atoms with Gasteiger partial charge >= 0.3 is 0 Å². The zero-order valence-corrected chi connectivity index (χ0v) is 19.5. The molecule has 2 amide bonds. The number of aromatic nitrogens is 1. The molecule has 1 fully saturated rings. The Morgan fingerprint density at radius 2 is 1.73 bits per heavy atom. The first-order valence-corrected chi connectivity index (χ1v) is 12.1. The SMILES string of the molecule is CCN(CC)CCCN1CC(=O)N2C(c3ccccc3)c3[nH]c4ccccc4c3C[C@H]2C1=O. The van der Waals surface area contributed by atoms with E-state index in [-0.39, 0.29) is 24.4 Å². The van der Waals surface area contributed by atoms with E-state index in [0.717, 1.165) is 53.8 Å². The average Bonchev–Trinajstić information content (AvgIpc) is 3.22. The summed E-state index contributed by atoms with van der Waals surface area (Å²) in [6.45, 7) is 8.04. The lowest BCUT2D eigenvalue weighted by Gasteiger charge is -2.47. The van der Waals surface area contributed by atoms with E-state index >= 15 is 0 Å². The zero-order valence-electron chi connectivity index (χ0n) is 19.5. The first-order chi connectivity index (χ1) is 16.1. The zero-order chi connectivity index (χ0) is 22.9. The van der Waals surface area contributed by atoms with E-state index in [1.807, 2.05) is 35.2 Å². The van der Waals surface area contributed by atoms with Gasteiger partial charge in [-0.15, -0.1) is 0 Å². The smallest absolute Gasteiger partial charge is 0.246 e. The number of H-pyrrole nitrogens is 1. The number of benzene rings is 2. The van der Waals surface area contributed by atoms with Crippen LogP contribution in [-0.4, -0.2) is 70.3 Å². The van der Waals surface area contributed by atoms with Crippen molar-refractivity contribution in [2.45, 2.75) is 38.8 Å². The van der Waals surface area contributed by atoms with E-state index < -0.39 is 6.04 Å². The van der Waals surface area contributed by atoms with Crippen molar-refractivity contribution in [3.63, 3.8) is 0 Å². The van der Waals surface area contributed by atoms with Crippen molar-refractivity contribution in [3.8, 4) is 0 Å². The second-order valence-corrected chi connectivity index (χ2v) is 9.04. The first-order valence-electron chi connectivity index (χ1n) is 12.1. The van der Waals surface area contributed by atoms with E-state index in [2.05, 4.69) is 48.0 Å². The molecule has 2 aliphatic rings. The van der Waals surface area contributed by atoms with Crippen molar-refractivity contribution < 1.29 is 9.59 Å². The lowest BCUT2D eigenvalue weighted by Crippen LogP contribution is -2.63. The second kappa shape index (κ2) is 9.02. The second-order valence-electron chi connectivity index (χ2n) is 9.04. The summed E-state index contributed by atoms with van der Waals surface area (Å²) in [5, 5.41) is 1.15. The summed E-state index contributed by atoms with van der Waals surface area (Å²) in [5.41, 5.74) is 4.28. The molecule has 0 bridgehead atoms. The normalized spacial score (nSPS) is 20.5. The van der Waals surface area contributed by atoms with Gasteiger partial charge in [0.15, 0.2) is 0 Å². The van der Waals surface area contributed by atoms with Gasteiger partial charge in [-0.3, -0.25) is 9.59 Å². The molecule has 3 aromatic rings. The van der Waals surface area contributed by atoms with Gasteiger partial charge < -0.3 is 19.7 Å². The van der Waals surface area contributed by atoms with Gasteiger partial charge in [0.05, 0.1) is 12.6 Å². The Morgan fingerprint density at radius 3 is 2.48 bits per heavy atom. The number of amides is 2. The molecule has 5 rings (SSSR count). The maximum absolute atomic E-state index is 13.7. The van der Waals surface area contributed by atoms with E-state index in [1.165, 1.54) is 0 Å². The quantitative estimate of drug-likeness (QED) is 0.606. The largest absolute Gasteiger partial charge is 0.356 e. The fraction of sp³-hybridized carbons (Fsp3) is 0.407. The number of nitrogens with zero attached hydrogens (tertiary/aromatic N) is 3. The van der Waals surface area contributed by atoms with Crippen LogP contribution in [0.5, 0.6) is 0 Å². The number of carbonyl (C=O) groups excluding carboxylic acids is 2. The van der Waals surface area contributed by atoms with Gasteiger partial charge in [-0.2, -0.15) is 0 Å². The predicted molar refractivity (Wildman–Crippen MR) is 130 cm³/mol. The summed E-state index contributed by atoms with van der Waals surface area (Å²) < 4.78 is 0. The highest BCUT2D eigenvalue weighted by Crippen LogP contribution is 2.42. The Labute approximate surface area is 195 Å². The van der Waals surface area contributed by atoms with Gasteiger partial charge in [0, 0.05) is 29.6 Å². The minimum absolute atomic E-state index is 0.0283. The number of piperazine rings is 1. The van der Waals surface area contributed by atoms with E-state index in [9.17, 15) is 9.59 Å². The molecular weight excluding hydrogens is 412 g/mol. The molecular formula is C27H32N4O2. The average molecular weight is 445 g/mol. The van der Waals surface area contributed by atoms with Crippen molar-refractivity contribution >= 4 is 22.7 Å². The summed E-state index contributed by atoms with van der Waals surface area (Å²) in [5.74, 6) is 0.103. The van der Waals surface area contributed by atoms with E-state index in [4.69, 9.17) is 0 Å². The third kappa shape index (κ3) is 3.82. The maximum atomic E-state index is 13.7. The lowest BCUT2D eigenvalue weighted by atomic mass is 9.86. The predicted octanol–water partition coefficient (Wildman–Crippen LogP) is 3.58. The summed E-state index contributed by atoms with van der Waals surface area (Å²) in [4.78, 5) is 36.7. The number of carbonyl (C=O) groups is 2. The number of nitrogens with one attached hydrogen (secondary N) is 1. The number of rotatable bonds is 7. The lowest BCUT2D eigenvalue weighted by molar-refractivity contribution is -0.158. The molecule has 2 aromatic carbocycles. The molecule has 2 atom stereocenters. The van der Waals surface area contributed by atoms with Crippen molar-refractivity contribution in [1.29, 1.82) is 0 Å². The van der Waals surface area contributed by atoms with Crippen molar-refractivity contribution in [3.05, 3.63) is 71.4 Å². The van der Waals surface area contributed by atoms with Crippen LogP contribution in [0.4, 0.5) is 0 Å². The molecule has 1 N–H and O–H groups in total. The van der Waals surface area contributed by atoms with E-state index in [1.54, 1.807) is 4.90 Å². The van der Waals surface area contributed by atoms with Crippen molar-refractivity contribution in [1.82, 2.24) is 19.7 Å². The van der Waals surface area contributed by atoms with Gasteiger partial charge in [0.2, 0.25) is 11.8 Å². The molecule has 6 heteroatoms. The van der Waals surface area contributed by atoms with Crippen LogP contribution in [0.2, 0.25) is 0 Å². The summed E-state index contributed by atoms with van der Waals surface area (Å²) in [7, 11) is 0. The minimum atomic E-state index is -0.461. The monoisotopic (exact) mass is 444 g/mol. The highest BCUT2D eigenvalue weighted by molar-refractivity contribution is 5.97. The number of aromatic amines is 1. The third-order valence-corrected chi connectivity index (χ3v) is 7.25. The fourth-order valence-electron chi connectivity index (χ4n) is 5.52. The number of hydrogen-bond donors (Lipinski definition) is 1. The molecule has 33 heavy (non-hydrogen) atoms. The molecule has 2 aliphatic heterocycles. The molecule has 1 unspecified atom stereocenters. The third-order valence-electron chi connectivity index (χ3n) is 7.25. The van der Waals surface area contributed by atoms with Crippen LogP contribution in [0, 0.1) is 0 Å². The highest BCUT2D eigenvalue weighted by atomic mass is 16.2. The Hall–Kier alpha value is -3.12. The van der Waals surface area contributed by atoms with E-state index in [0.29, 0.717) is 13.0 Å². The van der Waals surface area contributed by atoms with Crippen LogP contribution >= 0.6 is 0 Å². The number of hydrogen-bond acceptors (Lipinski definition) is 3. The van der Waals surface area contributed by atoms with Crippen LogP contribution in [0.15, 0.2) is 54.6 Å². The standard InChI is InChI=1S/C27H32N4O2/c1-3-29(4-2)15-10-16-30-18-24(32)31-23(27(30)33)17-21-20-13-8-9-14-22(20)28-25(21)26(31)19-11-6-5-7-12-19/h5-9,11-14,23,26,28H,3-4,10,15-18H2,1-2H3/t23-,26?/m0/s1. The summed E-state index contributed by atoms with van der Waals surface area (Å²) in [6.07, 6.45) is 1.44. The molecule has 0 aliphatic carbocycles. The number of fused-ring (bicyclic) bond motifs is 4. The maximum Gasteiger partial charge on any atom is 0.246 e. The van der Waals surface area contributed by atoms with Gasteiger partial charge in [-0.1, -0.05) is 62.4 Å². The van der Waals surface area contributed by atoms with Gasteiger partial charge in [0.25, 0.3) is 0 Å². The summed E-state index contributed by atoms with van der Waals surface area (Å²) >= 11 is 0. The summed E-state index contributed by atoms with van der Waals surface area (Å²) in [6, 6.07) is 17.6. The first kappa shape index (κ1) is 21.7. The Kier molecular flexibility index (Phi) is 5.94. The molecule has 0 saturated carbocycles. The van der Waals surface area contributed by atoms with Crippen LogP contribution in [0.25, 0.3) is 10.9 Å².